The van der Waals surface area contributed by atoms with Gasteiger partial charge in [-0.25, -0.2) is 0 Å². The van der Waals surface area contributed by atoms with Gasteiger partial charge in [-0.2, -0.15) is 0 Å². The second kappa shape index (κ2) is 4.42. The molecule has 0 bridgehead atoms. The normalized spacial score (nSPS) is 32.2. The van der Waals surface area contributed by atoms with Crippen LogP contribution in [0.4, 0.5) is 0 Å². The van der Waals surface area contributed by atoms with Crippen LogP contribution in [0.3, 0.4) is 0 Å². The van der Waals surface area contributed by atoms with Gasteiger partial charge < -0.3 is 0 Å². The molecular weight excluding hydrogens is 256 g/mol. The molecule has 2 aromatic rings. The number of Topliss-reactive ketones (excluding diaryl/α,β-unsaturated/α-hetero) is 1. The van der Waals surface area contributed by atoms with Gasteiger partial charge in [0.05, 0.1) is 5.41 Å². The predicted molar refractivity (Wildman–Crippen MR) is 84.5 cm³/mol. The summed E-state index contributed by atoms with van der Waals surface area (Å²) in [4.78, 5) is 13.2. The maximum absolute atomic E-state index is 13.2. The number of hydrogen-bond acceptors (Lipinski definition) is 1. The van der Waals surface area contributed by atoms with E-state index in [1.165, 1.54) is 0 Å². The van der Waals surface area contributed by atoms with Crippen LogP contribution in [0, 0.1) is 0 Å². The lowest BCUT2D eigenvalue weighted by Crippen LogP contribution is -2.33. The third kappa shape index (κ3) is 1.61. The summed E-state index contributed by atoms with van der Waals surface area (Å²) in [6, 6.07) is 15.4. The Kier molecular flexibility index (Phi) is 2.22. The molecule has 1 fully saturated rings. The fourth-order valence-electron chi connectivity index (χ4n) is 3.77. The zero-order valence-electron chi connectivity index (χ0n) is 13.8. The molecule has 0 heterocycles. The lowest BCUT2D eigenvalue weighted by atomic mass is 9.70. The maximum Gasteiger partial charge on any atom is 0.173 e. The van der Waals surface area contributed by atoms with E-state index in [1.54, 1.807) is 0 Å². The summed E-state index contributed by atoms with van der Waals surface area (Å²) in [7, 11) is 0. The van der Waals surface area contributed by atoms with E-state index in [-0.39, 0.29) is 5.78 Å². The Morgan fingerprint density at radius 2 is 1.48 bits per heavy atom. The molecule has 1 spiro atoms. The van der Waals surface area contributed by atoms with Crippen LogP contribution in [-0.4, -0.2) is 5.78 Å². The highest BCUT2D eigenvalue weighted by Gasteiger charge is 2.49. The average molecular weight is 278 g/mol. The third-order valence-electron chi connectivity index (χ3n) is 4.79. The largest absolute Gasteiger partial charge is 0.293 e. The number of carbonyl (C=O) groups is 1. The summed E-state index contributed by atoms with van der Waals surface area (Å²) in [5.41, 5.74) is 3.27. The Bertz CT molecular complexity index is 772. The zero-order valence-corrected chi connectivity index (χ0v) is 11.8. The van der Waals surface area contributed by atoms with E-state index in [2.05, 4.69) is 6.58 Å². The van der Waals surface area contributed by atoms with Crippen LogP contribution < -0.4 is 0 Å². The number of rotatable bonds is 0. The van der Waals surface area contributed by atoms with E-state index >= 15 is 0 Å². The molecule has 1 heteroatoms. The third-order valence-corrected chi connectivity index (χ3v) is 4.79. The summed E-state index contributed by atoms with van der Waals surface area (Å²) in [5.74, 6) is 0.0544. The molecule has 0 radical (unpaired) electrons. The van der Waals surface area contributed by atoms with E-state index in [0.717, 1.165) is 22.3 Å². The van der Waals surface area contributed by atoms with Crippen molar-refractivity contribution in [3.8, 4) is 0 Å². The Balaban J connectivity index is 2.14. The van der Waals surface area contributed by atoms with Gasteiger partial charge in [0.2, 0.25) is 0 Å². The van der Waals surface area contributed by atoms with Crippen LogP contribution >= 0.6 is 0 Å². The summed E-state index contributed by atoms with van der Waals surface area (Å²) in [5, 5.41) is 0. The number of allylic oxidation sites excluding steroid dienone is 1. The van der Waals surface area contributed by atoms with Crippen LogP contribution in [0.25, 0.3) is 0 Å². The Labute approximate surface area is 128 Å². The molecule has 1 saturated carbocycles. The van der Waals surface area contributed by atoms with Gasteiger partial charge in [-0.15, -0.1) is 0 Å². The second-order valence-corrected chi connectivity index (χ2v) is 5.85. The SMILES string of the molecule is [3H]C1c2ccccc2C2(CCC(=C)C2=O)c2ccccc2C1[3H]. The molecule has 0 saturated heterocycles. The fourth-order valence-corrected chi connectivity index (χ4v) is 3.77. The topological polar surface area (TPSA) is 17.1 Å². The van der Waals surface area contributed by atoms with E-state index in [9.17, 15) is 4.79 Å². The smallest absolute Gasteiger partial charge is 0.173 e. The van der Waals surface area contributed by atoms with E-state index in [4.69, 9.17) is 2.74 Å². The van der Waals surface area contributed by atoms with Crippen LogP contribution in [0.15, 0.2) is 60.7 Å². The zero-order chi connectivity index (χ0) is 16.2. The molecule has 1 nitrogen and oxygen atoms in total. The van der Waals surface area contributed by atoms with E-state index < -0.39 is 18.2 Å². The molecule has 4 rings (SSSR count). The quantitative estimate of drug-likeness (QED) is 0.666. The van der Waals surface area contributed by atoms with Crippen molar-refractivity contribution in [2.75, 3.05) is 0 Å². The summed E-state index contributed by atoms with van der Waals surface area (Å²) in [6.45, 7) is 3.96. The summed E-state index contributed by atoms with van der Waals surface area (Å²) < 4.78 is 17.1. The number of carbonyl (C=O) groups excluding carboxylic acids is 1. The van der Waals surface area contributed by atoms with Gasteiger partial charge in [0, 0.05) is 2.74 Å². The molecular formula is C20H18O. The molecule has 2 aliphatic carbocycles. The van der Waals surface area contributed by atoms with Crippen LogP contribution in [0.1, 0.15) is 37.8 Å². The number of ketones is 1. The molecule has 0 aromatic heterocycles. The van der Waals surface area contributed by atoms with Crippen molar-refractivity contribution in [3.05, 3.63) is 82.9 Å². The van der Waals surface area contributed by atoms with Gasteiger partial charge in [-0.05, 0) is 53.5 Å². The Morgan fingerprint density at radius 1 is 0.952 bits per heavy atom. The first kappa shape index (κ1) is 10.6. The highest BCUT2D eigenvalue weighted by atomic mass is 16.1. The van der Waals surface area contributed by atoms with Crippen LogP contribution in [0.5, 0.6) is 0 Å². The number of hydrogen-bond donors (Lipinski definition) is 0. The highest BCUT2D eigenvalue weighted by Crippen LogP contribution is 2.49. The molecule has 21 heavy (non-hydrogen) atoms. The lowest BCUT2D eigenvalue weighted by Gasteiger charge is -2.30. The van der Waals surface area contributed by atoms with Crippen LogP contribution in [-0.2, 0) is 23.0 Å². The molecule has 104 valence electrons. The maximum atomic E-state index is 13.2. The second-order valence-electron chi connectivity index (χ2n) is 5.85. The summed E-state index contributed by atoms with van der Waals surface area (Å²) >= 11 is 0. The first-order valence-corrected chi connectivity index (χ1v) is 7.33. The molecule has 2 atom stereocenters. The van der Waals surface area contributed by atoms with E-state index in [0.29, 0.717) is 18.4 Å². The standard InChI is InChI=1S/C20H18O/c1-14-12-13-20(19(14)21)17-8-4-2-6-15(17)10-11-16-7-3-5-9-18(16)20/h2-9H,1,10-13H2/i10T,11T. The van der Waals surface area contributed by atoms with Gasteiger partial charge in [-0.1, -0.05) is 55.1 Å². The van der Waals surface area contributed by atoms with E-state index in [1.807, 2.05) is 48.5 Å². The number of aryl methyl sites for hydroxylation is 2. The van der Waals surface area contributed by atoms with Gasteiger partial charge in [-0.3, -0.25) is 4.79 Å². The molecule has 2 unspecified atom stereocenters. The van der Waals surface area contributed by atoms with Gasteiger partial charge >= 0.3 is 0 Å². The van der Waals surface area contributed by atoms with Crippen LogP contribution in [0.2, 0.25) is 0 Å². The van der Waals surface area contributed by atoms with Gasteiger partial charge in [0.25, 0.3) is 0 Å². The molecule has 0 aliphatic heterocycles. The average Bonchev–Trinajstić information content (AvgIpc) is 2.86. The van der Waals surface area contributed by atoms with Crippen molar-refractivity contribution in [1.29, 1.82) is 0 Å². The monoisotopic (exact) mass is 278 g/mol. The van der Waals surface area contributed by atoms with Crippen molar-refractivity contribution in [2.45, 2.75) is 31.1 Å². The fraction of sp³-hybridized carbons (Fsp3) is 0.250. The van der Waals surface area contributed by atoms with Crippen molar-refractivity contribution in [3.63, 3.8) is 0 Å². The number of fused-ring (bicyclic) bond motifs is 4. The van der Waals surface area contributed by atoms with Crippen molar-refractivity contribution >= 4 is 5.78 Å². The Morgan fingerprint density at radius 3 is 1.95 bits per heavy atom. The van der Waals surface area contributed by atoms with Crippen molar-refractivity contribution in [1.82, 2.24) is 0 Å². The van der Waals surface area contributed by atoms with Crippen molar-refractivity contribution < 1.29 is 7.54 Å². The molecule has 2 aliphatic rings. The van der Waals surface area contributed by atoms with Gasteiger partial charge in [0.15, 0.2) is 5.78 Å². The number of benzene rings is 2. The minimum atomic E-state index is -0.765. The summed E-state index contributed by atoms with van der Waals surface area (Å²) in [6.07, 6.45) is -0.0212. The minimum absolute atomic E-state index is 0.0544. The first-order chi connectivity index (χ1) is 11.1. The molecule has 0 amide bonds. The van der Waals surface area contributed by atoms with Crippen molar-refractivity contribution in [2.24, 2.45) is 0 Å². The lowest BCUT2D eigenvalue weighted by molar-refractivity contribution is -0.118. The molecule has 0 N–H and O–H groups in total. The molecule has 2 aromatic carbocycles. The first-order valence-electron chi connectivity index (χ1n) is 8.48. The Hall–Kier alpha value is -2.15. The minimum Gasteiger partial charge on any atom is -0.293 e. The predicted octanol–water partition coefficient (Wildman–Crippen LogP) is 3.99. The highest BCUT2D eigenvalue weighted by molar-refractivity contribution is 6.08. The van der Waals surface area contributed by atoms with Gasteiger partial charge in [0.1, 0.15) is 0 Å².